The van der Waals surface area contributed by atoms with E-state index in [1.807, 2.05) is 13.8 Å². The third-order valence-electron chi connectivity index (χ3n) is 3.80. The first kappa shape index (κ1) is 21.3. The lowest BCUT2D eigenvalue weighted by Crippen LogP contribution is -2.32. The van der Waals surface area contributed by atoms with Crippen molar-refractivity contribution in [2.45, 2.75) is 39.7 Å². The highest BCUT2D eigenvalue weighted by atomic mass is 16.5. The Labute approximate surface area is 166 Å². The van der Waals surface area contributed by atoms with Crippen molar-refractivity contribution >= 4 is 17.5 Å². The number of amides is 2. The summed E-state index contributed by atoms with van der Waals surface area (Å²) in [5, 5.41) is 5.35. The van der Waals surface area contributed by atoms with Gasteiger partial charge in [-0.25, -0.2) is 0 Å². The Morgan fingerprint density at radius 1 is 0.964 bits per heavy atom. The molecule has 2 aromatic rings. The maximum atomic E-state index is 12.2. The van der Waals surface area contributed by atoms with Gasteiger partial charge in [0.1, 0.15) is 11.5 Å². The van der Waals surface area contributed by atoms with Gasteiger partial charge in [0, 0.05) is 11.3 Å². The number of hydrogen-bond acceptors (Lipinski definition) is 4. The van der Waals surface area contributed by atoms with E-state index in [0.29, 0.717) is 17.9 Å². The first-order valence-electron chi connectivity index (χ1n) is 9.55. The van der Waals surface area contributed by atoms with Crippen LogP contribution in [-0.4, -0.2) is 31.1 Å². The van der Waals surface area contributed by atoms with E-state index in [1.165, 1.54) is 0 Å². The number of unbranched alkanes of at least 4 members (excludes halogenated alkanes) is 1. The molecule has 0 aliphatic carbocycles. The second kappa shape index (κ2) is 11.0. The fraction of sp³-hybridized carbons (Fsp3) is 0.364. The number of nitrogens with one attached hydrogen (secondary N) is 2. The summed E-state index contributed by atoms with van der Waals surface area (Å²) in [5.74, 6) is 0.859. The lowest BCUT2D eigenvalue weighted by atomic mass is 10.2. The molecule has 0 spiro atoms. The SMILES string of the molecule is CCCCOc1ccc(C(=O)NCC(=O)Nc2ccc(OC(C)C)cc2)cc1. The smallest absolute Gasteiger partial charge is 0.251 e. The lowest BCUT2D eigenvalue weighted by Gasteiger charge is -2.11. The van der Waals surface area contributed by atoms with Crippen LogP contribution in [0, 0.1) is 0 Å². The molecule has 0 radical (unpaired) electrons. The molecule has 2 amide bonds. The molecule has 0 saturated carbocycles. The van der Waals surface area contributed by atoms with Crippen LogP contribution in [0.4, 0.5) is 5.69 Å². The molecule has 6 nitrogen and oxygen atoms in total. The molecule has 2 aromatic carbocycles. The van der Waals surface area contributed by atoms with Gasteiger partial charge in [0.05, 0.1) is 19.3 Å². The number of carbonyl (C=O) groups excluding carboxylic acids is 2. The Morgan fingerprint density at radius 3 is 2.21 bits per heavy atom. The van der Waals surface area contributed by atoms with Gasteiger partial charge < -0.3 is 20.1 Å². The zero-order valence-electron chi connectivity index (χ0n) is 16.7. The third-order valence-corrected chi connectivity index (χ3v) is 3.80. The van der Waals surface area contributed by atoms with Crippen molar-refractivity contribution in [1.82, 2.24) is 5.32 Å². The standard InChI is InChI=1S/C22H28N2O4/c1-4-5-14-27-19-10-6-17(7-11-19)22(26)23-15-21(25)24-18-8-12-20(13-9-18)28-16(2)3/h6-13,16H,4-5,14-15H2,1-3H3,(H,23,26)(H,24,25). The summed E-state index contributed by atoms with van der Waals surface area (Å²) in [4.78, 5) is 24.2. The van der Waals surface area contributed by atoms with Crippen LogP contribution in [0.1, 0.15) is 44.0 Å². The summed E-state index contributed by atoms with van der Waals surface area (Å²) in [7, 11) is 0. The first-order valence-corrected chi connectivity index (χ1v) is 9.55. The van der Waals surface area contributed by atoms with Gasteiger partial charge in [0.25, 0.3) is 5.91 Å². The highest BCUT2D eigenvalue weighted by molar-refractivity contribution is 5.99. The van der Waals surface area contributed by atoms with Gasteiger partial charge in [-0.2, -0.15) is 0 Å². The third kappa shape index (κ3) is 7.31. The maximum absolute atomic E-state index is 12.2. The molecule has 2 rings (SSSR count). The predicted molar refractivity (Wildman–Crippen MR) is 110 cm³/mol. The molecule has 0 unspecified atom stereocenters. The van der Waals surface area contributed by atoms with Gasteiger partial charge in [-0.05, 0) is 68.8 Å². The van der Waals surface area contributed by atoms with Crippen molar-refractivity contribution < 1.29 is 19.1 Å². The van der Waals surface area contributed by atoms with Crippen LogP contribution in [0.3, 0.4) is 0 Å². The van der Waals surface area contributed by atoms with Crippen molar-refractivity contribution in [1.29, 1.82) is 0 Å². The van der Waals surface area contributed by atoms with Gasteiger partial charge in [0.15, 0.2) is 0 Å². The van der Waals surface area contributed by atoms with E-state index in [9.17, 15) is 9.59 Å². The molecule has 150 valence electrons. The quantitative estimate of drug-likeness (QED) is 0.607. The van der Waals surface area contributed by atoms with Crippen LogP contribution in [0.25, 0.3) is 0 Å². The normalized spacial score (nSPS) is 10.4. The molecule has 0 bridgehead atoms. The van der Waals surface area contributed by atoms with Gasteiger partial charge in [-0.1, -0.05) is 13.3 Å². The number of rotatable bonds is 10. The number of benzene rings is 2. The first-order chi connectivity index (χ1) is 13.5. The zero-order chi connectivity index (χ0) is 20.4. The van der Waals surface area contributed by atoms with E-state index < -0.39 is 0 Å². The Morgan fingerprint density at radius 2 is 1.61 bits per heavy atom. The van der Waals surface area contributed by atoms with Gasteiger partial charge in [-0.15, -0.1) is 0 Å². The van der Waals surface area contributed by atoms with Gasteiger partial charge in [-0.3, -0.25) is 9.59 Å². The monoisotopic (exact) mass is 384 g/mol. The predicted octanol–water partition coefficient (Wildman–Crippen LogP) is 4.02. The Kier molecular flexibility index (Phi) is 8.34. The fourth-order valence-corrected chi connectivity index (χ4v) is 2.39. The van der Waals surface area contributed by atoms with E-state index in [-0.39, 0.29) is 24.5 Å². The van der Waals surface area contributed by atoms with Crippen molar-refractivity contribution in [2.24, 2.45) is 0 Å². The largest absolute Gasteiger partial charge is 0.494 e. The molecule has 0 aromatic heterocycles. The van der Waals surface area contributed by atoms with Crippen molar-refractivity contribution in [3.8, 4) is 11.5 Å². The van der Waals surface area contributed by atoms with E-state index >= 15 is 0 Å². The van der Waals surface area contributed by atoms with E-state index in [4.69, 9.17) is 9.47 Å². The van der Waals surface area contributed by atoms with Gasteiger partial charge >= 0.3 is 0 Å². The minimum Gasteiger partial charge on any atom is -0.494 e. The van der Waals surface area contributed by atoms with Crippen molar-refractivity contribution in [3.05, 3.63) is 54.1 Å². The number of ether oxygens (including phenoxy) is 2. The molecular weight excluding hydrogens is 356 g/mol. The molecule has 0 aliphatic rings. The number of anilines is 1. The van der Waals surface area contributed by atoms with Gasteiger partial charge in [0.2, 0.25) is 5.91 Å². The number of hydrogen-bond donors (Lipinski definition) is 2. The minimum atomic E-state index is -0.309. The van der Waals surface area contributed by atoms with Crippen LogP contribution in [0.15, 0.2) is 48.5 Å². The highest BCUT2D eigenvalue weighted by Crippen LogP contribution is 2.17. The van der Waals surface area contributed by atoms with Crippen LogP contribution in [0.2, 0.25) is 0 Å². The van der Waals surface area contributed by atoms with Crippen molar-refractivity contribution in [2.75, 3.05) is 18.5 Å². The van der Waals surface area contributed by atoms with Crippen LogP contribution in [0.5, 0.6) is 11.5 Å². The van der Waals surface area contributed by atoms with Crippen LogP contribution >= 0.6 is 0 Å². The Hall–Kier alpha value is -3.02. The average molecular weight is 384 g/mol. The second-order valence-electron chi connectivity index (χ2n) is 6.65. The maximum Gasteiger partial charge on any atom is 0.251 e. The van der Waals surface area contributed by atoms with E-state index in [0.717, 1.165) is 24.3 Å². The molecular formula is C22H28N2O4. The van der Waals surface area contributed by atoms with E-state index in [2.05, 4.69) is 17.6 Å². The van der Waals surface area contributed by atoms with Crippen LogP contribution in [-0.2, 0) is 4.79 Å². The lowest BCUT2D eigenvalue weighted by molar-refractivity contribution is -0.115. The summed E-state index contributed by atoms with van der Waals surface area (Å²) in [6.45, 7) is 6.55. The van der Waals surface area contributed by atoms with Crippen molar-refractivity contribution in [3.63, 3.8) is 0 Å². The average Bonchev–Trinajstić information content (AvgIpc) is 2.68. The summed E-state index contributed by atoms with van der Waals surface area (Å²) in [5.41, 5.74) is 1.12. The molecule has 2 N–H and O–H groups in total. The highest BCUT2D eigenvalue weighted by Gasteiger charge is 2.09. The molecule has 0 saturated heterocycles. The summed E-state index contributed by atoms with van der Waals surface area (Å²) >= 11 is 0. The molecule has 28 heavy (non-hydrogen) atoms. The second-order valence-corrected chi connectivity index (χ2v) is 6.65. The zero-order valence-corrected chi connectivity index (χ0v) is 16.7. The molecule has 6 heteroatoms. The Bertz CT molecular complexity index is 755. The summed E-state index contributed by atoms with van der Waals surface area (Å²) < 4.78 is 11.1. The van der Waals surface area contributed by atoms with E-state index in [1.54, 1.807) is 48.5 Å². The number of carbonyl (C=O) groups is 2. The molecule has 0 atom stereocenters. The van der Waals surface area contributed by atoms with Crippen LogP contribution < -0.4 is 20.1 Å². The Balaban J connectivity index is 1.77. The fourth-order valence-electron chi connectivity index (χ4n) is 2.39. The molecule has 0 aliphatic heterocycles. The molecule has 0 fully saturated rings. The molecule has 0 heterocycles. The summed E-state index contributed by atoms with van der Waals surface area (Å²) in [6, 6.07) is 14.0. The minimum absolute atomic E-state index is 0.0904. The summed E-state index contributed by atoms with van der Waals surface area (Å²) in [6.07, 6.45) is 2.15. The topological polar surface area (TPSA) is 76.7 Å².